The number of piperazine rings is 1. The van der Waals surface area contributed by atoms with E-state index >= 15 is 0 Å². The number of rotatable bonds is 5. The lowest BCUT2D eigenvalue weighted by Crippen LogP contribution is -2.88. The average Bonchev–Trinajstić information content (AvgIpc) is 3.11. The number of quaternary nitrogens is 1. The number of hydrogen-bond donors (Lipinski definition) is 2. The Morgan fingerprint density at radius 3 is 2.64 bits per heavy atom. The van der Waals surface area contributed by atoms with Crippen molar-refractivity contribution in [3.05, 3.63) is 51.8 Å². The standard InChI is InChI=1S/C23H22F3N5OS/c1-11-16(24)7-15-20(27)21(33-23(15)29-11)22(32)28-5-4-12-6-18(26)19(8-17(12)25)31-9-13-2-3-14(10-31)30(13)31/h6-8,13-14H,2-5,9-10H2,1H3,(H2-,27,28,32)/p+1. The molecule has 10 heteroatoms. The summed E-state index contributed by atoms with van der Waals surface area (Å²) in [6, 6.07) is 4.85. The van der Waals surface area contributed by atoms with E-state index in [-0.39, 0.29) is 34.8 Å². The molecule has 0 spiro atoms. The van der Waals surface area contributed by atoms with Gasteiger partial charge in [0.2, 0.25) is 0 Å². The summed E-state index contributed by atoms with van der Waals surface area (Å²) in [5, 5.41) is 5.39. The van der Waals surface area contributed by atoms with Crippen molar-refractivity contribution < 1.29 is 18.0 Å². The summed E-state index contributed by atoms with van der Waals surface area (Å²) in [4.78, 5) is 17.5. The normalized spacial score (nSPS) is 25.6. The summed E-state index contributed by atoms with van der Waals surface area (Å²) in [5.74, 6) is -1.80. The number of carbonyl (C=O) groups is 1. The zero-order valence-corrected chi connectivity index (χ0v) is 18.8. The number of fused-ring (bicyclic) bond motifs is 1. The molecule has 33 heavy (non-hydrogen) atoms. The lowest BCUT2D eigenvalue weighted by molar-refractivity contribution is -0.232. The molecule has 3 N–H and O–H groups in total. The van der Waals surface area contributed by atoms with Gasteiger partial charge in [0.15, 0.2) is 11.5 Å². The van der Waals surface area contributed by atoms with Crippen molar-refractivity contribution in [1.29, 1.82) is 0 Å². The van der Waals surface area contributed by atoms with Gasteiger partial charge in [-0.15, -0.1) is 16.3 Å². The average molecular weight is 475 g/mol. The van der Waals surface area contributed by atoms with Gasteiger partial charge in [-0.2, -0.15) is 0 Å². The van der Waals surface area contributed by atoms with Gasteiger partial charge in [-0.3, -0.25) is 4.79 Å². The van der Waals surface area contributed by atoms with E-state index in [2.05, 4.69) is 15.3 Å². The van der Waals surface area contributed by atoms with E-state index in [9.17, 15) is 18.0 Å². The van der Waals surface area contributed by atoms with Crippen LogP contribution in [0.1, 0.15) is 33.8 Å². The molecular weight excluding hydrogens is 451 g/mol. The summed E-state index contributed by atoms with van der Waals surface area (Å²) < 4.78 is 44.1. The molecule has 2 unspecified atom stereocenters. The zero-order chi connectivity index (χ0) is 23.1. The van der Waals surface area contributed by atoms with Gasteiger partial charge in [-0.05, 0) is 43.9 Å². The molecule has 6 nitrogen and oxygen atoms in total. The molecule has 2 aromatic heterocycles. The topological polar surface area (TPSA) is 71.2 Å². The van der Waals surface area contributed by atoms with E-state index in [1.54, 1.807) is 6.92 Å². The minimum absolute atomic E-state index is 0.110. The van der Waals surface area contributed by atoms with Gasteiger partial charge in [0, 0.05) is 18.0 Å². The minimum Gasteiger partial charge on any atom is -0.397 e. The highest BCUT2D eigenvalue weighted by Gasteiger charge is 2.70. The van der Waals surface area contributed by atoms with Crippen molar-refractivity contribution in [2.45, 2.75) is 38.3 Å². The first kappa shape index (κ1) is 20.9. The molecule has 0 aliphatic carbocycles. The Balaban J connectivity index is 1.15. The maximum absolute atomic E-state index is 15.0. The number of carbonyl (C=O) groups excluding carboxylic acids is 1. The van der Waals surface area contributed by atoms with Crippen LogP contribution in [0, 0.1) is 24.4 Å². The number of hydrogen-bond acceptors (Lipinski definition) is 5. The van der Waals surface area contributed by atoms with Crippen LogP contribution < -0.4 is 15.6 Å². The molecule has 172 valence electrons. The highest BCUT2D eigenvalue weighted by molar-refractivity contribution is 7.21. The molecule has 3 fully saturated rings. The van der Waals surface area contributed by atoms with E-state index in [0.717, 1.165) is 37.3 Å². The van der Waals surface area contributed by atoms with Crippen molar-refractivity contribution in [3.8, 4) is 0 Å². The van der Waals surface area contributed by atoms with Gasteiger partial charge < -0.3 is 11.1 Å². The molecule has 1 amide bonds. The fraction of sp³-hybridized carbons (Fsp3) is 0.391. The van der Waals surface area contributed by atoms with Crippen LogP contribution in [-0.4, -0.2) is 47.6 Å². The smallest absolute Gasteiger partial charge is 0.263 e. The highest BCUT2D eigenvalue weighted by atomic mass is 32.1. The molecule has 3 aromatic rings. The Labute approximate surface area is 192 Å². The number of nitrogen functional groups attached to an aromatic ring is 1. The second-order valence-electron chi connectivity index (χ2n) is 9.21. The van der Waals surface area contributed by atoms with Crippen molar-refractivity contribution in [2.24, 2.45) is 0 Å². The summed E-state index contributed by atoms with van der Waals surface area (Å²) in [7, 11) is 0. The van der Waals surface area contributed by atoms with Gasteiger partial charge in [-0.25, -0.2) is 22.7 Å². The molecule has 0 radical (unpaired) electrons. The number of aromatic nitrogens is 1. The van der Waals surface area contributed by atoms with E-state index in [1.165, 1.54) is 18.2 Å². The van der Waals surface area contributed by atoms with E-state index < -0.39 is 23.4 Å². The van der Waals surface area contributed by atoms with E-state index in [0.29, 0.717) is 32.6 Å². The number of aryl methyl sites for hydroxylation is 1. The SMILES string of the molecule is Cc1nc2sc(C(=O)NCCc3cc(F)c([N+]45CC6CCC(C4)N65)cc3F)c(N)c2cc1F. The van der Waals surface area contributed by atoms with Gasteiger partial charge >= 0.3 is 0 Å². The second kappa shape index (κ2) is 7.15. The number of nitrogens with one attached hydrogen (secondary N) is 1. The second-order valence-corrected chi connectivity index (χ2v) is 10.2. The van der Waals surface area contributed by atoms with Gasteiger partial charge in [0.25, 0.3) is 5.91 Å². The quantitative estimate of drug-likeness (QED) is 0.554. The molecule has 3 aliphatic heterocycles. The molecule has 3 saturated heterocycles. The highest BCUT2D eigenvalue weighted by Crippen LogP contribution is 2.53. The van der Waals surface area contributed by atoms with E-state index in [1.807, 2.05) is 0 Å². The van der Waals surface area contributed by atoms with Crippen molar-refractivity contribution in [3.63, 3.8) is 0 Å². The largest absolute Gasteiger partial charge is 0.397 e. The van der Waals surface area contributed by atoms with Crippen LogP contribution in [0.25, 0.3) is 10.2 Å². The first-order valence-corrected chi connectivity index (χ1v) is 11.9. The number of benzene rings is 1. The Morgan fingerprint density at radius 2 is 1.91 bits per heavy atom. The number of nitrogens with two attached hydrogens (primary N) is 1. The molecule has 2 atom stereocenters. The molecule has 0 saturated carbocycles. The number of nitrogens with zero attached hydrogens (tertiary/aromatic N) is 3. The van der Waals surface area contributed by atoms with Crippen LogP contribution in [0.3, 0.4) is 0 Å². The van der Waals surface area contributed by atoms with Crippen LogP contribution in [0.4, 0.5) is 24.5 Å². The van der Waals surface area contributed by atoms with Crippen molar-refractivity contribution >= 4 is 38.8 Å². The molecule has 1 aromatic carbocycles. The molecule has 0 bridgehead atoms. The third kappa shape index (κ3) is 2.93. The minimum atomic E-state index is -0.488. The summed E-state index contributed by atoms with van der Waals surface area (Å²) in [5.41, 5.74) is 7.05. The zero-order valence-electron chi connectivity index (χ0n) is 18.0. The number of amides is 1. The first-order chi connectivity index (χ1) is 15.8. The predicted molar refractivity (Wildman–Crippen MR) is 121 cm³/mol. The van der Waals surface area contributed by atoms with Crippen LogP contribution in [-0.2, 0) is 6.42 Å². The molecule has 6 rings (SSSR count). The van der Waals surface area contributed by atoms with Crippen LogP contribution >= 0.6 is 11.3 Å². The van der Waals surface area contributed by atoms with Gasteiger partial charge in [0.1, 0.15) is 46.5 Å². The Hall–Kier alpha value is -2.69. The Morgan fingerprint density at radius 1 is 1.18 bits per heavy atom. The van der Waals surface area contributed by atoms with E-state index in [4.69, 9.17) is 5.73 Å². The maximum Gasteiger partial charge on any atom is 0.263 e. The third-order valence-electron chi connectivity index (χ3n) is 7.35. The van der Waals surface area contributed by atoms with Crippen molar-refractivity contribution in [1.82, 2.24) is 19.9 Å². The fourth-order valence-corrected chi connectivity index (χ4v) is 6.80. The number of halogens is 3. The first-order valence-electron chi connectivity index (χ1n) is 11.1. The maximum atomic E-state index is 15.0. The summed E-state index contributed by atoms with van der Waals surface area (Å²) >= 11 is 1.08. The summed E-state index contributed by atoms with van der Waals surface area (Å²) in [6.45, 7) is 3.34. The van der Waals surface area contributed by atoms with Gasteiger partial charge in [0.05, 0.1) is 11.4 Å². The number of thiophene rings is 1. The predicted octanol–water partition coefficient (Wildman–Crippen LogP) is 3.66. The van der Waals surface area contributed by atoms with Crippen molar-refractivity contribution in [2.75, 3.05) is 25.4 Å². The lowest BCUT2D eigenvalue weighted by atomic mass is 10.0. The molecule has 3 aliphatic rings. The summed E-state index contributed by atoms with van der Waals surface area (Å²) in [6.07, 6.45) is 2.42. The monoisotopic (exact) mass is 474 g/mol. The number of pyridine rings is 1. The Kier molecular flexibility index (Phi) is 4.53. The molecular formula is C23H23F3N5OS+. The fourth-order valence-electron chi connectivity index (χ4n) is 5.76. The lowest BCUT2D eigenvalue weighted by Gasteiger charge is -2.64. The van der Waals surface area contributed by atoms with Crippen LogP contribution in [0.2, 0.25) is 0 Å². The third-order valence-corrected chi connectivity index (χ3v) is 8.46. The van der Waals surface area contributed by atoms with Crippen LogP contribution in [0.15, 0.2) is 18.2 Å². The number of anilines is 1. The Bertz CT molecular complexity index is 1310. The van der Waals surface area contributed by atoms with Gasteiger partial charge in [-0.1, -0.05) is 0 Å². The molecule has 5 heterocycles. The van der Waals surface area contributed by atoms with Crippen LogP contribution in [0.5, 0.6) is 0 Å².